The standard InChI is InChI=1S/C11H14ClN5OS/c1-3-18-11-16-9(13-2)15-10(17-11)14-6-7-4-5-8(12)19-7/h4-5H,3,6H2,1-2H3,(H2,13,14,15,16,17). The Kier molecular flexibility index (Phi) is 4.75. The van der Waals surface area contributed by atoms with Crippen molar-refractivity contribution in [2.24, 2.45) is 0 Å². The predicted octanol–water partition coefficient (Wildman–Crippen LogP) is 2.64. The molecule has 0 unspecified atom stereocenters. The van der Waals surface area contributed by atoms with Crippen molar-refractivity contribution in [3.05, 3.63) is 21.3 Å². The van der Waals surface area contributed by atoms with Crippen molar-refractivity contribution in [2.45, 2.75) is 13.5 Å². The van der Waals surface area contributed by atoms with Crippen molar-refractivity contribution in [2.75, 3.05) is 24.3 Å². The van der Waals surface area contributed by atoms with E-state index in [0.29, 0.717) is 31.1 Å². The van der Waals surface area contributed by atoms with Crippen molar-refractivity contribution in [3.63, 3.8) is 0 Å². The summed E-state index contributed by atoms with van der Waals surface area (Å²) in [5, 5.41) is 5.99. The van der Waals surface area contributed by atoms with Crippen LogP contribution in [0.3, 0.4) is 0 Å². The summed E-state index contributed by atoms with van der Waals surface area (Å²) in [6.07, 6.45) is 0. The fraction of sp³-hybridized carbons (Fsp3) is 0.364. The Morgan fingerprint density at radius 3 is 2.68 bits per heavy atom. The Morgan fingerprint density at radius 1 is 1.26 bits per heavy atom. The molecule has 0 aliphatic rings. The summed E-state index contributed by atoms with van der Waals surface area (Å²) < 4.78 is 6.05. The van der Waals surface area contributed by atoms with Gasteiger partial charge in [-0.3, -0.25) is 0 Å². The van der Waals surface area contributed by atoms with Crippen LogP contribution < -0.4 is 15.4 Å². The number of thiophene rings is 1. The van der Waals surface area contributed by atoms with E-state index in [1.807, 2.05) is 19.1 Å². The van der Waals surface area contributed by atoms with Crippen LogP contribution in [0.15, 0.2) is 12.1 Å². The fourth-order valence-electron chi connectivity index (χ4n) is 1.35. The Morgan fingerprint density at radius 2 is 2.05 bits per heavy atom. The second-order valence-electron chi connectivity index (χ2n) is 3.51. The minimum absolute atomic E-state index is 0.300. The molecule has 0 saturated heterocycles. The van der Waals surface area contributed by atoms with Crippen LogP contribution in [-0.2, 0) is 6.54 Å². The van der Waals surface area contributed by atoms with Gasteiger partial charge in [0.05, 0.1) is 17.5 Å². The highest BCUT2D eigenvalue weighted by Gasteiger charge is 2.06. The first-order valence-corrected chi connectivity index (χ1v) is 6.95. The molecular formula is C11H14ClN5OS. The summed E-state index contributed by atoms with van der Waals surface area (Å²) in [4.78, 5) is 13.6. The number of aromatic nitrogens is 3. The van der Waals surface area contributed by atoms with Crippen molar-refractivity contribution in [3.8, 4) is 6.01 Å². The van der Waals surface area contributed by atoms with Crippen molar-refractivity contribution >= 4 is 34.8 Å². The maximum Gasteiger partial charge on any atom is 0.323 e. The van der Waals surface area contributed by atoms with E-state index in [1.165, 1.54) is 11.3 Å². The van der Waals surface area contributed by atoms with Gasteiger partial charge in [0.2, 0.25) is 11.9 Å². The zero-order chi connectivity index (χ0) is 13.7. The Balaban J connectivity index is 2.08. The molecule has 0 bridgehead atoms. The third-order valence-corrected chi connectivity index (χ3v) is 3.39. The molecule has 19 heavy (non-hydrogen) atoms. The van der Waals surface area contributed by atoms with E-state index in [2.05, 4.69) is 25.6 Å². The number of halogens is 1. The lowest BCUT2D eigenvalue weighted by Gasteiger charge is -2.07. The zero-order valence-electron chi connectivity index (χ0n) is 10.6. The minimum Gasteiger partial charge on any atom is -0.464 e. The summed E-state index contributed by atoms with van der Waals surface area (Å²) in [5.74, 6) is 0.928. The number of rotatable bonds is 6. The summed E-state index contributed by atoms with van der Waals surface area (Å²) >= 11 is 7.39. The van der Waals surface area contributed by atoms with Gasteiger partial charge in [0.15, 0.2) is 0 Å². The van der Waals surface area contributed by atoms with Crippen LogP contribution in [-0.4, -0.2) is 28.6 Å². The van der Waals surface area contributed by atoms with Gasteiger partial charge in [0, 0.05) is 11.9 Å². The van der Waals surface area contributed by atoms with E-state index in [9.17, 15) is 0 Å². The highest BCUT2D eigenvalue weighted by Crippen LogP contribution is 2.22. The van der Waals surface area contributed by atoms with Gasteiger partial charge in [-0.25, -0.2) is 0 Å². The lowest BCUT2D eigenvalue weighted by Crippen LogP contribution is -2.08. The van der Waals surface area contributed by atoms with E-state index in [4.69, 9.17) is 16.3 Å². The molecule has 0 fully saturated rings. The van der Waals surface area contributed by atoms with Gasteiger partial charge in [-0.15, -0.1) is 11.3 Å². The highest BCUT2D eigenvalue weighted by atomic mass is 35.5. The molecule has 0 radical (unpaired) electrons. The van der Waals surface area contributed by atoms with Crippen LogP contribution in [0.5, 0.6) is 6.01 Å². The molecule has 102 valence electrons. The van der Waals surface area contributed by atoms with E-state index in [0.717, 1.165) is 9.21 Å². The van der Waals surface area contributed by atoms with Crippen molar-refractivity contribution in [1.29, 1.82) is 0 Å². The third kappa shape index (κ3) is 3.93. The van der Waals surface area contributed by atoms with Gasteiger partial charge in [-0.05, 0) is 19.1 Å². The van der Waals surface area contributed by atoms with Crippen LogP contribution in [0.2, 0.25) is 4.34 Å². The maximum atomic E-state index is 5.88. The third-order valence-electron chi connectivity index (χ3n) is 2.16. The fourth-order valence-corrected chi connectivity index (χ4v) is 2.38. The topological polar surface area (TPSA) is 72.0 Å². The highest BCUT2D eigenvalue weighted by molar-refractivity contribution is 7.16. The molecule has 0 aliphatic heterocycles. The molecule has 0 aromatic carbocycles. The van der Waals surface area contributed by atoms with Crippen LogP contribution in [0.1, 0.15) is 11.8 Å². The van der Waals surface area contributed by atoms with E-state index in [1.54, 1.807) is 7.05 Å². The molecule has 2 aromatic heterocycles. The molecule has 2 N–H and O–H groups in total. The molecule has 6 nitrogen and oxygen atoms in total. The summed E-state index contributed by atoms with van der Waals surface area (Å²) in [6, 6.07) is 4.12. The van der Waals surface area contributed by atoms with Gasteiger partial charge >= 0.3 is 6.01 Å². The maximum absolute atomic E-state index is 5.88. The van der Waals surface area contributed by atoms with E-state index in [-0.39, 0.29) is 0 Å². The largest absolute Gasteiger partial charge is 0.464 e. The zero-order valence-corrected chi connectivity index (χ0v) is 12.2. The monoisotopic (exact) mass is 299 g/mol. The van der Waals surface area contributed by atoms with Crippen LogP contribution in [0.4, 0.5) is 11.9 Å². The Hall–Kier alpha value is -1.60. The lowest BCUT2D eigenvalue weighted by atomic mass is 10.5. The molecule has 2 aromatic rings. The van der Waals surface area contributed by atoms with Crippen LogP contribution >= 0.6 is 22.9 Å². The molecule has 0 atom stereocenters. The first-order chi connectivity index (χ1) is 9.21. The molecule has 0 amide bonds. The second kappa shape index (κ2) is 6.53. The van der Waals surface area contributed by atoms with Gasteiger partial charge in [0.1, 0.15) is 0 Å². The smallest absolute Gasteiger partial charge is 0.323 e. The Labute approximate surface area is 120 Å². The minimum atomic E-state index is 0.300. The number of nitrogens with zero attached hydrogens (tertiary/aromatic N) is 3. The number of hydrogen-bond donors (Lipinski definition) is 2. The number of anilines is 2. The van der Waals surface area contributed by atoms with Crippen molar-refractivity contribution < 1.29 is 4.74 Å². The van der Waals surface area contributed by atoms with E-state index < -0.39 is 0 Å². The molecule has 0 saturated carbocycles. The first-order valence-electron chi connectivity index (χ1n) is 5.76. The lowest BCUT2D eigenvalue weighted by molar-refractivity contribution is 0.312. The number of nitrogens with one attached hydrogen (secondary N) is 2. The molecule has 2 rings (SSSR count). The predicted molar refractivity (Wildman–Crippen MR) is 77.2 cm³/mol. The molecule has 0 spiro atoms. The quantitative estimate of drug-likeness (QED) is 0.854. The molecule has 2 heterocycles. The van der Waals surface area contributed by atoms with Gasteiger partial charge in [-0.2, -0.15) is 15.0 Å². The van der Waals surface area contributed by atoms with Gasteiger partial charge < -0.3 is 15.4 Å². The van der Waals surface area contributed by atoms with Crippen molar-refractivity contribution in [1.82, 2.24) is 15.0 Å². The summed E-state index contributed by atoms with van der Waals surface area (Å²) in [5.41, 5.74) is 0. The average molecular weight is 300 g/mol. The molecule has 8 heteroatoms. The van der Waals surface area contributed by atoms with Gasteiger partial charge in [0.25, 0.3) is 0 Å². The number of hydrogen-bond acceptors (Lipinski definition) is 7. The SMILES string of the molecule is CCOc1nc(NC)nc(NCc2ccc(Cl)s2)n1. The Bertz CT molecular complexity index is 548. The van der Waals surface area contributed by atoms with Crippen LogP contribution in [0.25, 0.3) is 0 Å². The summed E-state index contributed by atoms with van der Waals surface area (Å²) in [6.45, 7) is 2.99. The van der Waals surface area contributed by atoms with E-state index >= 15 is 0 Å². The van der Waals surface area contributed by atoms with Crippen LogP contribution in [0, 0.1) is 0 Å². The normalized spacial score (nSPS) is 10.3. The first kappa shape index (κ1) is 13.8. The molecular weight excluding hydrogens is 286 g/mol. The van der Waals surface area contributed by atoms with Gasteiger partial charge in [-0.1, -0.05) is 11.6 Å². The summed E-state index contributed by atoms with van der Waals surface area (Å²) in [7, 11) is 1.74. The second-order valence-corrected chi connectivity index (χ2v) is 5.31. The number of ether oxygens (including phenoxy) is 1. The molecule has 0 aliphatic carbocycles. The average Bonchev–Trinajstić information content (AvgIpc) is 2.82.